The van der Waals surface area contributed by atoms with Crippen molar-refractivity contribution in [2.24, 2.45) is 5.84 Å². The summed E-state index contributed by atoms with van der Waals surface area (Å²) in [6.45, 7) is 1.65. The van der Waals surface area contributed by atoms with Crippen molar-refractivity contribution in [3.63, 3.8) is 0 Å². The number of rotatable bonds is 7. The average Bonchev–Trinajstić information content (AvgIpc) is 2.29. The van der Waals surface area contributed by atoms with Crippen LogP contribution in [0.15, 0.2) is 18.3 Å². The van der Waals surface area contributed by atoms with Crippen molar-refractivity contribution >= 4 is 11.5 Å². The molecular formula is C9H16N4O2. The Morgan fingerprint density at radius 2 is 2.33 bits per heavy atom. The van der Waals surface area contributed by atoms with Gasteiger partial charge in [-0.15, -0.1) is 0 Å². The lowest BCUT2D eigenvalue weighted by atomic mass is 10.4. The molecule has 0 aromatic carbocycles. The van der Waals surface area contributed by atoms with Crippen LogP contribution in [-0.2, 0) is 4.74 Å². The Kier molecular flexibility index (Phi) is 5.46. The molecule has 0 spiro atoms. The van der Waals surface area contributed by atoms with Gasteiger partial charge in [0, 0.05) is 24.5 Å². The van der Waals surface area contributed by atoms with Crippen molar-refractivity contribution in [1.29, 1.82) is 0 Å². The van der Waals surface area contributed by atoms with E-state index in [0.717, 1.165) is 5.69 Å². The van der Waals surface area contributed by atoms with Gasteiger partial charge in [-0.3, -0.25) is 0 Å². The molecule has 1 aromatic rings. The van der Waals surface area contributed by atoms with E-state index in [2.05, 4.69) is 15.7 Å². The highest BCUT2D eigenvalue weighted by Gasteiger charge is 1.94. The summed E-state index contributed by atoms with van der Waals surface area (Å²) in [5.74, 6) is 5.83. The van der Waals surface area contributed by atoms with Gasteiger partial charge in [0.2, 0.25) is 0 Å². The Bertz CT molecular complexity index is 283. The summed E-state index contributed by atoms with van der Waals surface area (Å²) in [6.07, 6.45) is 1.66. The summed E-state index contributed by atoms with van der Waals surface area (Å²) in [7, 11) is 0. The molecule has 0 atom stereocenters. The van der Waals surface area contributed by atoms with E-state index in [1.54, 1.807) is 12.3 Å². The smallest absolute Gasteiger partial charge is 0.141 e. The zero-order chi connectivity index (χ0) is 10.9. The van der Waals surface area contributed by atoms with Crippen molar-refractivity contribution < 1.29 is 9.84 Å². The standard InChI is InChI=1S/C9H16N4O2/c10-13-9-7-8(1-2-12-9)11-3-5-15-6-4-14/h1-2,7,14H,3-6,10H2,(H2,11,12,13). The van der Waals surface area contributed by atoms with Gasteiger partial charge in [0.05, 0.1) is 19.8 Å². The summed E-state index contributed by atoms with van der Waals surface area (Å²) < 4.78 is 5.09. The fourth-order valence-corrected chi connectivity index (χ4v) is 1.05. The van der Waals surface area contributed by atoms with E-state index in [1.165, 1.54) is 0 Å². The first-order valence-electron chi connectivity index (χ1n) is 4.72. The van der Waals surface area contributed by atoms with Crippen LogP contribution >= 0.6 is 0 Å². The second-order valence-corrected chi connectivity index (χ2v) is 2.84. The van der Waals surface area contributed by atoms with Gasteiger partial charge in [-0.2, -0.15) is 0 Å². The van der Waals surface area contributed by atoms with Crippen LogP contribution in [0, 0.1) is 0 Å². The Morgan fingerprint density at radius 1 is 1.47 bits per heavy atom. The van der Waals surface area contributed by atoms with Crippen molar-refractivity contribution in [3.8, 4) is 0 Å². The number of aliphatic hydroxyl groups is 1. The Hall–Kier alpha value is -1.37. The molecule has 84 valence electrons. The van der Waals surface area contributed by atoms with Crippen LogP contribution in [0.2, 0.25) is 0 Å². The van der Waals surface area contributed by atoms with Gasteiger partial charge in [0.1, 0.15) is 5.82 Å². The van der Waals surface area contributed by atoms with E-state index >= 15 is 0 Å². The molecule has 1 heterocycles. The lowest BCUT2D eigenvalue weighted by Gasteiger charge is -2.07. The van der Waals surface area contributed by atoms with Crippen molar-refractivity contribution in [3.05, 3.63) is 18.3 Å². The topological polar surface area (TPSA) is 92.4 Å². The quantitative estimate of drug-likeness (QED) is 0.284. The van der Waals surface area contributed by atoms with Crippen LogP contribution in [0.3, 0.4) is 0 Å². The zero-order valence-corrected chi connectivity index (χ0v) is 8.44. The number of nitrogens with two attached hydrogens (primary N) is 1. The van der Waals surface area contributed by atoms with E-state index in [9.17, 15) is 0 Å². The number of nitrogens with zero attached hydrogens (tertiary/aromatic N) is 1. The van der Waals surface area contributed by atoms with Gasteiger partial charge in [-0.1, -0.05) is 0 Å². The molecule has 0 amide bonds. The molecule has 0 bridgehead atoms. The molecule has 0 aliphatic rings. The lowest BCUT2D eigenvalue weighted by Crippen LogP contribution is -2.12. The minimum Gasteiger partial charge on any atom is -0.394 e. The molecule has 1 aromatic heterocycles. The van der Waals surface area contributed by atoms with Crippen LogP contribution in [0.1, 0.15) is 0 Å². The minimum absolute atomic E-state index is 0.0521. The van der Waals surface area contributed by atoms with Gasteiger partial charge >= 0.3 is 0 Å². The van der Waals surface area contributed by atoms with E-state index in [4.69, 9.17) is 15.7 Å². The van der Waals surface area contributed by atoms with Gasteiger partial charge in [0.25, 0.3) is 0 Å². The zero-order valence-electron chi connectivity index (χ0n) is 8.44. The molecule has 5 N–H and O–H groups in total. The number of anilines is 2. The molecular weight excluding hydrogens is 196 g/mol. The van der Waals surface area contributed by atoms with Gasteiger partial charge in [0.15, 0.2) is 0 Å². The third-order valence-corrected chi connectivity index (χ3v) is 1.72. The molecule has 0 unspecified atom stereocenters. The second kappa shape index (κ2) is 6.99. The summed E-state index contributed by atoms with van der Waals surface area (Å²) in [6, 6.07) is 3.64. The normalized spacial score (nSPS) is 10.0. The molecule has 0 aliphatic carbocycles. The minimum atomic E-state index is 0.0521. The largest absolute Gasteiger partial charge is 0.394 e. The third-order valence-electron chi connectivity index (χ3n) is 1.72. The number of hydrogen-bond donors (Lipinski definition) is 4. The van der Waals surface area contributed by atoms with Gasteiger partial charge in [-0.05, 0) is 6.07 Å². The highest BCUT2D eigenvalue weighted by Crippen LogP contribution is 2.09. The van der Waals surface area contributed by atoms with Crippen LogP contribution in [0.4, 0.5) is 11.5 Å². The van der Waals surface area contributed by atoms with Crippen molar-refractivity contribution in [1.82, 2.24) is 4.98 Å². The van der Waals surface area contributed by atoms with Gasteiger partial charge in [-0.25, -0.2) is 10.8 Å². The van der Waals surface area contributed by atoms with Crippen LogP contribution in [0.5, 0.6) is 0 Å². The molecule has 0 saturated heterocycles. The SMILES string of the molecule is NNc1cc(NCCOCCO)ccn1. The van der Waals surface area contributed by atoms with Crippen molar-refractivity contribution in [2.45, 2.75) is 0 Å². The summed E-state index contributed by atoms with van der Waals surface area (Å²) in [5.41, 5.74) is 3.38. The highest BCUT2D eigenvalue weighted by atomic mass is 16.5. The van der Waals surface area contributed by atoms with E-state index < -0.39 is 0 Å². The molecule has 15 heavy (non-hydrogen) atoms. The fraction of sp³-hybridized carbons (Fsp3) is 0.444. The maximum Gasteiger partial charge on any atom is 0.141 e. The molecule has 0 aliphatic heterocycles. The van der Waals surface area contributed by atoms with E-state index in [-0.39, 0.29) is 6.61 Å². The van der Waals surface area contributed by atoms with E-state index in [1.807, 2.05) is 6.07 Å². The molecule has 6 heteroatoms. The first kappa shape index (κ1) is 11.7. The average molecular weight is 212 g/mol. The Morgan fingerprint density at radius 3 is 3.07 bits per heavy atom. The summed E-state index contributed by atoms with van der Waals surface area (Å²) in [5, 5.41) is 11.6. The Balaban J connectivity index is 2.24. The number of hydrazine groups is 1. The number of aliphatic hydroxyl groups excluding tert-OH is 1. The third kappa shape index (κ3) is 4.59. The maximum atomic E-state index is 8.48. The van der Waals surface area contributed by atoms with Crippen molar-refractivity contribution in [2.75, 3.05) is 37.1 Å². The van der Waals surface area contributed by atoms with Crippen LogP contribution in [0.25, 0.3) is 0 Å². The van der Waals surface area contributed by atoms with Gasteiger partial charge < -0.3 is 20.6 Å². The molecule has 0 fully saturated rings. The predicted molar refractivity (Wildman–Crippen MR) is 58.4 cm³/mol. The fourth-order valence-electron chi connectivity index (χ4n) is 1.05. The predicted octanol–water partition coefficient (Wildman–Crippen LogP) is -0.212. The highest BCUT2D eigenvalue weighted by molar-refractivity contribution is 5.51. The number of nitrogen functional groups attached to an aromatic ring is 1. The van der Waals surface area contributed by atoms with Crippen LogP contribution < -0.4 is 16.6 Å². The molecule has 0 saturated carbocycles. The molecule has 6 nitrogen and oxygen atoms in total. The number of ether oxygens (including phenoxy) is 1. The summed E-state index contributed by atoms with van der Waals surface area (Å²) in [4.78, 5) is 3.98. The number of aromatic nitrogens is 1. The summed E-state index contributed by atoms with van der Waals surface area (Å²) >= 11 is 0. The monoisotopic (exact) mass is 212 g/mol. The van der Waals surface area contributed by atoms with E-state index in [0.29, 0.717) is 25.6 Å². The maximum absolute atomic E-state index is 8.48. The lowest BCUT2D eigenvalue weighted by molar-refractivity contribution is 0.0992. The number of hydrogen-bond acceptors (Lipinski definition) is 6. The first-order valence-corrected chi connectivity index (χ1v) is 4.72. The first-order chi connectivity index (χ1) is 7.36. The number of nitrogens with one attached hydrogen (secondary N) is 2. The molecule has 1 rings (SSSR count). The molecule has 0 radical (unpaired) electrons. The second-order valence-electron chi connectivity index (χ2n) is 2.84. The Labute approximate surface area is 88.4 Å². The van der Waals surface area contributed by atoms with Crippen LogP contribution in [-0.4, -0.2) is 36.5 Å². The number of pyridine rings is 1.